The molecule has 1 aliphatic rings. The third-order valence-electron chi connectivity index (χ3n) is 6.07. The van der Waals surface area contributed by atoms with Gasteiger partial charge in [-0.05, 0) is 49.4 Å². The van der Waals surface area contributed by atoms with Crippen molar-refractivity contribution in [2.24, 2.45) is 5.73 Å². The van der Waals surface area contributed by atoms with Gasteiger partial charge in [0.05, 0.1) is 11.6 Å². The molecule has 1 saturated carbocycles. The first-order chi connectivity index (χ1) is 16.9. The number of nitrogens with zero attached hydrogens (tertiary/aromatic N) is 2. The molecule has 0 unspecified atom stereocenters. The minimum absolute atomic E-state index is 0.127. The highest BCUT2D eigenvalue weighted by atomic mass is 16.5. The molecule has 1 aliphatic carbocycles. The van der Waals surface area contributed by atoms with Crippen molar-refractivity contribution in [1.82, 2.24) is 15.3 Å². The van der Waals surface area contributed by atoms with Crippen molar-refractivity contribution in [2.45, 2.75) is 51.3 Å². The van der Waals surface area contributed by atoms with Crippen LogP contribution in [-0.4, -0.2) is 33.5 Å². The Hall–Kier alpha value is -4.14. The maximum atomic E-state index is 12.5. The van der Waals surface area contributed by atoms with Gasteiger partial charge in [-0.15, -0.1) is 0 Å². The number of amides is 2. The molecule has 9 nitrogen and oxygen atoms in total. The van der Waals surface area contributed by atoms with Gasteiger partial charge in [0.25, 0.3) is 5.91 Å². The van der Waals surface area contributed by atoms with Gasteiger partial charge in [0.2, 0.25) is 5.95 Å². The van der Waals surface area contributed by atoms with E-state index in [1.165, 1.54) is 6.20 Å². The molecule has 35 heavy (non-hydrogen) atoms. The second-order valence-corrected chi connectivity index (χ2v) is 8.76. The summed E-state index contributed by atoms with van der Waals surface area (Å²) >= 11 is 0. The van der Waals surface area contributed by atoms with Gasteiger partial charge >= 0.3 is 6.09 Å². The molecule has 9 heteroatoms. The number of hydrogen-bond donors (Lipinski definition) is 4. The average molecular weight is 475 g/mol. The summed E-state index contributed by atoms with van der Waals surface area (Å²) in [7, 11) is 0. The highest BCUT2D eigenvalue weighted by Gasteiger charge is 2.50. The van der Waals surface area contributed by atoms with Crippen molar-refractivity contribution in [3.8, 4) is 0 Å². The molecular formula is C26H30N6O3. The number of benzene rings is 2. The molecular weight excluding hydrogens is 444 g/mol. The molecule has 1 heterocycles. The van der Waals surface area contributed by atoms with Crippen molar-refractivity contribution in [2.75, 3.05) is 10.6 Å². The van der Waals surface area contributed by atoms with Crippen LogP contribution in [0.25, 0.3) is 0 Å². The summed E-state index contributed by atoms with van der Waals surface area (Å²) in [4.78, 5) is 33.3. The lowest BCUT2D eigenvalue weighted by atomic mass is 10.0. The molecule has 0 saturated heterocycles. The van der Waals surface area contributed by atoms with Crippen LogP contribution in [0, 0.1) is 6.92 Å². The topological polar surface area (TPSA) is 131 Å². The third-order valence-corrected chi connectivity index (χ3v) is 6.07. The maximum Gasteiger partial charge on any atom is 0.407 e. The number of carbonyl (C=O) groups excluding carboxylic acids is 2. The van der Waals surface area contributed by atoms with E-state index in [9.17, 15) is 9.59 Å². The van der Waals surface area contributed by atoms with E-state index < -0.39 is 17.5 Å². The van der Waals surface area contributed by atoms with Crippen LogP contribution >= 0.6 is 0 Å². The monoisotopic (exact) mass is 474 g/mol. The Labute approximate surface area is 204 Å². The van der Waals surface area contributed by atoms with Crippen molar-refractivity contribution in [3.63, 3.8) is 0 Å². The van der Waals surface area contributed by atoms with E-state index in [-0.39, 0.29) is 18.2 Å². The average Bonchev–Trinajstić information content (AvgIpc) is 3.62. The fraction of sp³-hybridized carbons (Fsp3) is 0.308. The summed E-state index contributed by atoms with van der Waals surface area (Å²) in [6.07, 6.45) is 3.29. The van der Waals surface area contributed by atoms with Gasteiger partial charge in [0.15, 0.2) is 0 Å². The standard InChI is InChI=1S/C26H30N6O3/c1-3-21(26(12-13-26)32-25(34)35-16-18-9-5-4-6-10-18)30-24-28-15-20(22(27)33)23(31-24)29-19-11-7-8-17(2)14-19/h4-11,14-15,21H,3,12-13,16H2,1-2H3,(H2,27,33)(H,32,34)(H2,28,29,30,31)/t21-/m1/s1. The van der Waals surface area contributed by atoms with Crippen LogP contribution in [0.5, 0.6) is 0 Å². The lowest BCUT2D eigenvalue weighted by Gasteiger charge is -2.28. The van der Waals surface area contributed by atoms with Crippen molar-refractivity contribution in [1.29, 1.82) is 0 Å². The lowest BCUT2D eigenvalue weighted by Crippen LogP contribution is -2.49. The van der Waals surface area contributed by atoms with Gasteiger partial charge in [-0.2, -0.15) is 4.98 Å². The molecule has 2 aromatic carbocycles. The fourth-order valence-corrected chi connectivity index (χ4v) is 4.03. The maximum absolute atomic E-state index is 12.5. The Morgan fingerprint density at radius 1 is 1.14 bits per heavy atom. The number of hydrogen-bond acceptors (Lipinski definition) is 7. The van der Waals surface area contributed by atoms with Crippen LogP contribution < -0.4 is 21.7 Å². The first-order valence-corrected chi connectivity index (χ1v) is 11.6. The molecule has 1 fully saturated rings. The van der Waals surface area contributed by atoms with E-state index in [1.54, 1.807) is 0 Å². The zero-order valence-corrected chi connectivity index (χ0v) is 19.9. The smallest absolute Gasteiger partial charge is 0.407 e. The molecule has 1 atom stereocenters. The van der Waals surface area contributed by atoms with Crippen molar-refractivity contribution >= 4 is 29.5 Å². The molecule has 0 bridgehead atoms. The number of aryl methyl sites for hydroxylation is 1. The molecule has 4 rings (SSSR count). The van der Waals surface area contributed by atoms with E-state index in [1.807, 2.05) is 68.4 Å². The summed E-state index contributed by atoms with van der Waals surface area (Å²) in [6.45, 7) is 4.21. The summed E-state index contributed by atoms with van der Waals surface area (Å²) in [6, 6.07) is 17.1. The van der Waals surface area contributed by atoms with E-state index in [0.717, 1.165) is 36.1 Å². The molecule has 0 radical (unpaired) electrons. The van der Waals surface area contributed by atoms with Crippen molar-refractivity contribution in [3.05, 3.63) is 77.5 Å². The van der Waals surface area contributed by atoms with Gasteiger partial charge < -0.3 is 26.4 Å². The Balaban J connectivity index is 1.45. The number of alkyl carbamates (subject to hydrolysis) is 1. The van der Waals surface area contributed by atoms with E-state index in [4.69, 9.17) is 10.5 Å². The minimum atomic E-state index is -0.625. The Bertz CT molecular complexity index is 1200. The summed E-state index contributed by atoms with van der Waals surface area (Å²) in [5.41, 5.74) is 8.06. The number of nitrogens with one attached hydrogen (secondary N) is 3. The van der Waals surface area contributed by atoms with E-state index in [2.05, 4.69) is 25.9 Å². The van der Waals surface area contributed by atoms with Gasteiger partial charge in [-0.25, -0.2) is 9.78 Å². The number of rotatable bonds is 10. The fourth-order valence-electron chi connectivity index (χ4n) is 4.03. The molecule has 3 aromatic rings. The zero-order valence-electron chi connectivity index (χ0n) is 19.9. The second kappa shape index (κ2) is 10.4. The number of anilines is 3. The van der Waals surface area contributed by atoms with Crippen LogP contribution in [0.3, 0.4) is 0 Å². The largest absolute Gasteiger partial charge is 0.445 e. The van der Waals surface area contributed by atoms with Gasteiger partial charge in [0, 0.05) is 11.9 Å². The molecule has 0 aliphatic heterocycles. The SMILES string of the molecule is CC[C@@H](Nc1ncc(C(N)=O)c(Nc2cccc(C)c2)n1)C1(NC(=O)OCc2ccccc2)CC1. The summed E-state index contributed by atoms with van der Waals surface area (Å²) < 4.78 is 5.42. The number of primary amides is 1. The highest BCUT2D eigenvalue weighted by molar-refractivity contribution is 5.98. The Morgan fingerprint density at radius 3 is 2.57 bits per heavy atom. The second-order valence-electron chi connectivity index (χ2n) is 8.76. The summed E-state index contributed by atoms with van der Waals surface area (Å²) in [5.74, 6) is 0.0264. The Morgan fingerprint density at radius 2 is 1.91 bits per heavy atom. The number of nitrogens with two attached hydrogens (primary N) is 1. The predicted molar refractivity (Wildman–Crippen MR) is 134 cm³/mol. The van der Waals surface area contributed by atoms with Crippen molar-refractivity contribution < 1.29 is 14.3 Å². The van der Waals surface area contributed by atoms with Crippen LogP contribution in [-0.2, 0) is 11.3 Å². The zero-order chi connectivity index (χ0) is 24.8. The van der Waals surface area contributed by atoms with Crippen LogP contribution in [0.1, 0.15) is 47.7 Å². The lowest BCUT2D eigenvalue weighted by molar-refractivity contribution is 0.1000. The molecule has 2 amide bonds. The van der Waals surface area contributed by atoms with Gasteiger partial charge in [0.1, 0.15) is 18.0 Å². The quantitative estimate of drug-likeness (QED) is 0.345. The minimum Gasteiger partial charge on any atom is -0.445 e. The molecule has 1 aromatic heterocycles. The molecule has 182 valence electrons. The normalized spacial score (nSPS) is 14.5. The van der Waals surface area contributed by atoms with Gasteiger partial charge in [-0.1, -0.05) is 49.4 Å². The number of carbonyl (C=O) groups is 2. The van der Waals surface area contributed by atoms with Crippen LogP contribution in [0.15, 0.2) is 60.8 Å². The first-order valence-electron chi connectivity index (χ1n) is 11.6. The van der Waals surface area contributed by atoms with E-state index >= 15 is 0 Å². The van der Waals surface area contributed by atoms with Crippen LogP contribution in [0.4, 0.5) is 22.2 Å². The van der Waals surface area contributed by atoms with Crippen LogP contribution in [0.2, 0.25) is 0 Å². The first kappa shape index (κ1) is 24.0. The summed E-state index contributed by atoms with van der Waals surface area (Å²) in [5, 5.41) is 9.52. The van der Waals surface area contributed by atoms with Gasteiger partial charge in [-0.3, -0.25) is 4.79 Å². The Kier molecular flexibility index (Phi) is 7.14. The highest BCUT2D eigenvalue weighted by Crippen LogP contribution is 2.41. The molecule has 5 N–H and O–H groups in total. The number of ether oxygens (including phenoxy) is 1. The predicted octanol–water partition coefficient (Wildman–Crippen LogP) is 4.28. The third kappa shape index (κ3) is 6.06. The number of aromatic nitrogens is 2. The molecule has 0 spiro atoms. The van der Waals surface area contributed by atoms with E-state index in [0.29, 0.717) is 11.8 Å².